The van der Waals surface area contributed by atoms with Crippen molar-refractivity contribution in [3.05, 3.63) is 0 Å². The van der Waals surface area contributed by atoms with E-state index in [4.69, 9.17) is 5.73 Å². The number of carbonyl (C=O) groups excluding carboxylic acids is 1. The Morgan fingerprint density at radius 3 is 2.60 bits per heavy atom. The molecule has 1 amide bonds. The number of nitrogens with two attached hydrogens (primary N) is 1. The second-order valence-corrected chi connectivity index (χ2v) is 5.21. The van der Waals surface area contributed by atoms with Crippen molar-refractivity contribution in [2.75, 3.05) is 18.6 Å². The smallest absolute Gasteiger partial charge is 0.236 e. The molecule has 0 aromatic rings. The van der Waals surface area contributed by atoms with Crippen molar-refractivity contribution in [1.82, 2.24) is 5.32 Å². The number of hydrogen-bond donors (Lipinski definition) is 2. The minimum Gasteiger partial charge on any atom is -0.355 e. The van der Waals surface area contributed by atoms with E-state index in [9.17, 15) is 4.79 Å². The second kappa shape index (κ2) is 9.04. The van der Waals surface area contributed by atoms with Crippen LogP contribution in [0, 0.1) is 5.92 Å². The van der Waals surface area contributed by atoms with Crippen LogP contribution in [0.3, 0.4) is 0 Å². The molecule has 4 heteroatoms. The molecule has 15 heavy (non-hydrogen) atoms. The average Bonchev–Trinajstić information content (AvgIpc) is 2.16. The highest BCUT2D eigenvalue weighted by atomic mass is 32.2. The maximum absolute atomic E-state index is 11.5. The molecule has 0 unspecified atom stereocenters. The first-order valence-electron chi connectivity index (χ1n) is 5.60. The summed E-state index contributed by atoms with van der Waals surface area (Å²) in [5.41, 5.74) is 5.74. The molecule has 3 N–H and O–H groups in total. The maximum atomic E-state index is 11.5. The number of carbonyl (C=O) groups is 1. The van der Waals surface area contributed by atoms with Gasteiger partial charge in [-0.15, -0.1) is 0 Å². The van der Waals surface area contributed by atoms with Crippen molar-refractivity contribution in [2.24, 2.45) is 11.7 Å². The molecule has 0 fully saturated rings. The van der Waals surface area contributed by atoms with Crippen LogP contribution in [0.15, 0.2) is 0 Å². The summed E-state index contributed by atoms with van der Waals surface area (Å²) in [4.78, 5) is 11.5. The van der Waals surface area contributed by atoms with Crippen LogP contribution in [-0.4, -0.2) is 30.5 Å². The summed E-state index contributed by atoms with van der Waals surface area (Å²) in [6.07, 6.45) is 5.05. The number of amides is 1. The van der Waals surface area contributed by atoms with E-state index in [1.165, 1.54) is 0 Å². The molecule has 0 saturated heterocycles. The number of hydrogen-bond acceptors (Lipinski definition) is 3. The lowest BCUT2D eigenvalue weighted by Gasteiger charge is -2.13. The fraction of sp³-hybridized carbons (Fsp3) is 0.909. The van der Waals surface area contributed by atoms with Crippen LogP contribution >= 0.6 is 11.8 Å². The van der Waals surface area contributed by atoms with E-state index in [1.54, 1.807) is 0 Å². The van der Waals surface area contributed by atoms with Gasteiger partial charge in [-0.3, -0.25) is 4.79 Å². The van der Waals surface area contributed by atoms with Gasteiger partial charge in [0, 0.05) is 6.54 Å². The molecule has 0 aromatic carbocycles. The fourth-order valence-electron chi connectivity index (χ4n) is 1.33. The zero-order chi connectivity index (χ0) is 11.7. The highest BCUT2D eigenvalue weighted by Crippen LogP contribution is 2.02. The minimum absolute atomic E-state index is 0.00662. The van der Waals surface area contributed by atoms with Crippen LogP contribution in [0.4, 0.5) is 0 Å². The van der Waals surface area contributed by atoms with Crippen molar-refractivity contribution in [3.8, 4) is 0 Å². The van der Waals surface area contributed by atoms with E-state index in [0.717, 1.165) is 31.6 Å². The van der Waals surface area contributed by atoms with E-state index in [0.29, 0.717) is 5.92 Å². The lowest BCUT2D eigenvalue weighted by atomic mass is 10.0. The SMILES string of the molecule is CSCCCCNC(=O)[C@@H](N)CC(C)C. The molecule has 0 aliphatic carbocycles. The maximum Gasteiger partial charge on any atom is 0.236 e. The molecule has 0 spiro atoms. The van der Waals surface area contributed by atoms with Crippen LogP contribution in [0.25, 0.3) is 0 Å². The lowest BCUT2D eigenvalue weighted by Crippen LogP contribution is -2.41. The van der Waals surface area contributed by atoms with Gasteiger partial charge in [-0.1, -0.05) is 13.8 Å². The number of unbranched alkanes of at least 4 members (excludes halogenated alkanes) is 1. The molecule has 1 atom stereocenters. The van der Waals surface area contributed by atoms with Crippen LogP contribution in [-0.2, 0) is 4.79 Å². The molecule has 0 saturated carbocycles. The standard InChI is InChI=1S/C11H24N2OS/c1-9(2)8-10(12)11(14)13-6-4-5-7-15-3/h9-10H,4-8,12H2,1-3H3,(H,13,14)/t10-/m0/s1. The predicted octanol–water partition coefficient (Wildman–Crippen LogP) is 1.62. The van der Waals surface area contributed by atoms with Gasteiger partial charge in [0.15, 0.2) is 0 Å². The van der Waals surface area contributed by atoms with Gasteiger partial charge in [-0.25, -0.2) is 0 Å². The van der Waals surface area contributed by atoms with Gasteiger partial charge in [0.1, 0.15) is 0 Å². The molecular formula is C11H24N2OS. The van der Waals surface area contributed by atoms with E-state index < -0.39 is 0 Å². The van der Waals surface area contributed by atoms with Gasteiger partial charge in [0.2, 0.25) is 5.91 Å². The molecule has 0 aromatic heterocycles. The number of nitrogens with one attached hydrogen (secondary N) is 1. The first-order chi connectivity index (χ1) is 7.07. The monoisotopic (exact) mass is 232 g/mol. The third-order valence-electron chi connectivity index (χ3n) is 2.14. The summed E-state index contributed by atoms with van der Waals surface area (Å²) in [6.45, 7) is 4.91. The Bertz CT molecular complexity index is 174. The summed E-state index contributed by atoms with van der Waals surface area (Å²) in [5.74, 6) is 1.63. The summed E-state index contributed by atoms with van der Waals surface area (Å²) in [6, 6.07) is -0.342. The normalized spacial score (nSPS) is 12.9. The summed E-state index contributed by atoms with van der Waals surface area (Å²) < 4.78 is 0. The van der Waals surface area contributed by atoms with E-state index in [-0.39, 0.29) is 11.9 Å². The Hall–Kier alpha value is -0.220. The Balaban J connectivity index is 3.47. The largest absolute Gasteiger partial charge is 0.355 e. The van der Waals surface area contributed by atoms with Crippen LogP contribution in [0.2, 0.25) is 0 Å². The van der Waals surface area contributed by atoms with E-state index >= 15 is 0 Å². The van der Waals surface area contributed by atoms with Crippen molar-refractivity contribution in [2.45, 2.75) is 39.2 Å². The molecule has 0 radical (unpaired) electrons. The summed E-state index contributed by atoms with van der Waals surface area (Å²) in [5, 5.41) is 2.87. The highest BCUT2D eigenvalue weighted by molar-refractivity contribution is 7.98. The third-order valence-corrected chi connectivity index (χ3v) is 2.83. The van der Waals surface area contributed by atoms with Crippen molar-refractivity contribution < 1.29 is 4.79 Å². The van der Waals surface area contributed by atoms with Gasteiger partial charge < -0.3 is 11.1 Å². The van der Waals surface area contributed by atoms with Gasteiger partial charge in [-0.2, -0.15) is 11.8 Å². The Morgan fingerprint density at radius 1 is 1.40 bits per heavy atom. The van der Waals surface area contributed by atoms with Crippen LogP contribution in [0.1, 0.15) is 33.1 Å². The topological polar surface area (TPSA) is 55.1 Å². The van der Waals surface area contributed by atoms with Gasteiger partial charge in [0.25, 0.3) is 0 Å². The highest BCUT2D eigenvalue weighted by Gasteiger charge is 2.13. The molecule has 0 aliphatic rings. The molecule has 0 bridgehead atoms. The molecule has 3 nitrogen and oxygen atoms in total. The fourth-order valence-corrected chi connectivity index (χ4v) is 1.82. The van der Waals surface area contributed by atoms with Crippen LogP contribution < -0.4 is 11.1 Å². The quantitative estimate of drug-likeness (QED) is 0.625. The average molecular weight is 232 g/mol. The van der Waals surface area contributed by atoms with Gasteiger partial charge in [-0.05, 0) is 37.2 Å². The summed E-state index contributed by atoms with van der Waals surface area (Å²) >= 11 is 1.84. The predicted molar refractivity (Wildman–Crippen MR) is 68.1 cm³/mol. The Labute approximate surface area is 97.6 Å². The van der Waals surface area contributed by atoms with Gasteiger partial charge in [0.05, 0.1) is 6.04 Å². The molecule has 0 aliphatic heterocycles. The van der Waals surface area contributed by atoms with Gasteiger partial charge >= 0.3 is 0 Å². The molecule has 0 rings (SSSR count). The zero-order valence-corrected chi connectivity index (χ0v) is 10.9. The molecular weight excluding hydrogens is 208 g/mol. The number of thioether (sulfide) groups is 1. The van der Waals surface area contributed by atoms with Crippen molar-refractivity contribution in [1.29, 1.82) is 0 Å². The molecule has 90 valence electrons. The third kappa shape index (κ3) is 8.75. The zero-order valence-electron chi connectivity index (χ0n) is 10.1. The summed E-state index contributed by atoms with van der Waals surface area (Å²) in [7, 11) is 0. The van der Waals surface area contributed by atoms with E-state index in [2.05, 4.69) is 25.4 Å². The van der Waals surface area contributed by atoms with Crippen LogP contribution in [0.5, 0.6) is 0 Å². The van der Waals surface area contributed by atoms with Crippen molar-refractivity contribution in [3.63, 3.8) is 0 Å². The number of rotatable bonds is 8. The van der Waals surface area contributed by atoms with Crippen molar-refractivity contribution >= 4 is 17.7 Å². The van der Waals surface area contributed by atoms with E-state index in [1.807, 2.05) is 11.8 Å². The Kier molecular flexibility index (Phi) is 8.91. The lowest BCUT2D eigenvalue weighted by molar-refractivity contribution is -0.122. The Morgan fingerprint density at radius 2 is 2.07 bits per heavy atom. The first-order valence-corrected chi connectivity index (χ1v) is 6.99. The molecule has 0 heterocycles. The second-order valence-electron chi connectivity index (χ2n) is 4.23. The first kappa shape index (κ1) is 14.8. The minimum atomic E-state index is -0.342.